The van der Waals surface area contributed by atoms with E-state index in [4.69, 9.17) is 9.47 Å². The van der Waals surface area contributed by atoms with Gasteiger partial charge in [0.2, 0.25) is 0 Å². The summed E-state index contributed by atoms with van der Waals surface area (Å²) in [5.41, 5.74) is 3.35. The van der Waals surface area contributed by atoms with Crippen LogP contribution in [0.5, 0.6) is 0 Å². The molecule has 0 aromatic carbocycles. The van der Waals surface area contributed by atoms with Crippen molar-refractivity contribution in [3.63, 3.8) is 0 Å². The van der Waals surface area contributed by atoms with Crippen LogP contribution in [0.25, 0.3) is 0 Å². The van der Waals surface area contributed by atoms with Gasteiger partial charge in [-0.05, 0) is 0 Å². The second-order valence-electron chi connectivity index (χ2n) is 3.18. The Labute approximate surface area is 68.2 Å². The van der Waals surface area contributed by atoms with Crippen molar-refractivity contribution in [2.45, 2.75) is 25.3 Å². The molecule has 6 heteroatoms. The maximum Gasteiger partial charge on any atom is 0.359 e. The van der Waals surface area contributed by atoms with Crippen molar-refractivity contribution in [3.8, 4) is 0 Å². The van der Waals surface area contributed by atoms with E-state index >= 15 is 0 Å². The van der Waals surface area contributed by atoms with Gasteiger partial charge in [-0.2, -0.15) is 0 Å². The summed E-state index contributed by atoms with van der Waals surface area (Å²) in [5, 5.41) is 0. The highest BCUT2D eigenvalue weighted by atomic mass is 16.8. The molecule has 0 aromatic heterocycles. The molecule has 2 N–H and O–H groups in total. The summed E-state index contributed by atoms with van der Waals surface area (Å²) in [5.74, 6) is -2.46. The van der Waals surface area contributed by atoms with Crippen molar-refractivity contribution in [1.82, 2.24) is 10.9 Å². The van der Waals surface area contributed by atoms with Crippen LogP contribution in [-0.4, -0.2) is 23.4 Å². The lowest BCUT2D eigenvalue weighted by molar-refractivity contribution is -0.237. The molecule has 0 amide bonds. The fraction of sp³-hybridized carbons (Fsp3) is 0.667. The number of carbonyl (C=O) groups excluding carboxylic acids is 2. The largest absolute Gasteiger partial charge is 0.420 e. The number of rotatable bonds is 0. The average Bonchev–Trinajstić information content (AvgIpc) is 2.59. The number of esters is 2. The van der Waals surface area contributed by atoms with Gasteiger partial charge in [-0.3, -0.25) is 0 Å². The third-order valence-corrected chi connectivity index (χ3v) is 1.66. The Morgan fingerprint density at radius 1 is 1.08 bits per heavy atom. The molecule has 0 unspecified atom stereocenters. The van der Waals surface area contributed by atoms with E-state index in [1.807, 2.05) is 0 Å². The standard InChI is InChI=1S/C6H8N2O4/c1-5(2)11-3(9)6(7-8-6)4(10)12-5/h7-8H,1-2H3. The summed E-state index contributed by atoms with van der Waals surface area (Å²) >= 11 is 0. The summed E-state index contributed by atoms with van der Waals surface area (Å²) in [6.45, 7) is 3.00. The van der Waals surface area contributed by atoms with E-state index in [0.29, 0.717) is 0 Å². The van der Waals surface area contributed by atoms with Crippen molar-refractivity contribution in [1.29, 1.82) is 0 Å². The number of ether oxygens (including phenoxy) is 2. The zero-order chi connectivity index (χ0) is 8.98. The Hall–Kier alpha value is -1.14. The molecule has 0 atom stereocenters. The van der Waals surface area contributed by atoms with Crippen molar-refractivity contribution in [2.24, 2.45) is 0 Å². The molecule has 1 spiro atoms. The number of carbonyl (C=O) groups is 2. The van der Waals surface area contributed by atoms with Gasteiger partial charge >= 0.3 is 11.9 Å². The molecule has 0 aromatic rings. The molecule has 66 valence electrons. The van der Waals surface area contributed by atoms with Crippen LogP contribution in [0.15, 0.2) is 0 Å². The lowest BCUT2D eigenvalue weighted by atomic mass is 10.2. The van der Waals surface area contributed by atoms with Crippen molar-refractivity contribution in [3.05, 3.63) is 0 Å². The Bertz CT molecular complexity index is 247. The summed E-state index contributed by atoms with van der Waals surface area (Å²) < 4.78 is 9.63. The highest BCUT2D eigenvalue weighted by Crippen LogP contribution is 2.27. The SMILES string of the molecule is CC1(C)OC(=O)C2(NN2)C(=O)O1. The van der Waals surface area contributed by atoms with Crippen LogP contribution in [0.4, 0.5) is 0 Å². The molecular weight excluding hydrogens is 164 g/mol. The Morgan fingerprint density at radius 2 is 1.50 bits per heavy atom. The van der Waals surface area contributed by atoms with E-state index < -0.39 is 23.4 Å². The van der Waals surface area contributed by atoms with Crippen molar-refractivity contribution < 1.29 is 19.1 Å². The van der Waals surface area contributed by atoms with E-state index in [2.05, 4.69) is 10.9 Å². The molecule has 2 aliphatic rings. The van der Waals surface area contributed by atoms with E-state index in [0.717, 1.165) is 0 Å². The molecule has 0 radical (unpaired) electrons. The van der Waals surface area contributed by atoms with Crippen LogP contribution in [0, 0.1) is 0 Å². The minimum absolute atomic E-state index is 0.649. The third kappa shape index (κ3) is 0.819. The number of hydrogen-bond acceptors (Lipinski definition) is 6. The van der Waals surface area contributed by atoms with Gasteiger partial charge in [-0.15, -0.1) is 0 Å². The Balaban J connectivity index is 2.26. The fourth-order valence-electron chi connectivity index (χ4n) is 0.970. The molecule has 2 fully saturated rings. The highest BCUT2D eigenvalue weighted by Gasteiger charge is 2.65. The predicted molar refractivity (Wildman–Crippen MR) is 35.3 cm³/mol. The summed E-state index contributed by atoms with van der Waals surface area (Å²) in [4.78, 5) is 22.3. The van der Waals surface area contributed by atoms with Gasteiger partial charge in [0, 0.05) is 13.8 Å². The molecule has 0 saturated carbocycles. The summed E-state index contributed by atoms with van der Waals surface area (Å²) in [6, 6.07) is 0. The van der Waals surface area contributed by atoms with Crippen molar-refractivity contribution in [2.75, 3.05) is 0 Å². The number of hydrazine groups is 1. The smallest absolute Gasteiger partial charge is 0.359 e. The zero-order valence-corrected chi connectivity index (χ0v) is 6.63. The Kier molecular flexibility index (Phi) is 1.11. The molecular formula is C6H8N2O4. The zero-order valence-electron chi connectivity index (χ0n) is 6.63. The second kappa shape index (κ2) is 1.78. The van der Waals surface area contributed by atoms with Crippen LogP contribution >= 0.6 is 0 Å². The molecule has 6 nitrogen and oxygen atoms in total. The molecule has 0 aliphatic carbocycles. The molecule has 12 heavy (non-hydrogen) atoms. The van der Waals surface area contributed by atoms with E-state index in [-0.39, 0.29) is 0 Å². The maximum atomic E-state index is 11.2. The van der Waals surface area contributed by atoms with E-state index in [1.54, 1.807) is 0 Å². The Morgan fingerprint density at radius 3 is 1.83 bits per heavy atom. The van der Waals surface area contributed by atoms with Gasteiger partial charge in [-0.1, -0.05) is 0 Å². The lowest BCUT2D eigenvalue weighted by Gasteiger charge is -2.31. The lowest BCUT2D eigenvalue weighted by Crippen LogP contribution is -2.54. The topological polar surface area (TPSA) is 96.5 Å². The molecule has 2 saturated heterocycles. The van der Waals surface area contributed by atoms with Crippen molar-refractivity contribution >= 4 is 11.9 Å². The quantitative estimate of drug-likeness (QED) is 0.266. The van der Waals surface area contributed by atoms with Crippen LogP contribution in [0.1, 0.15) is 13.8 Å². The van der Waals surface area contributed by atoms with E-state index in [9.17, 15) is 9.59 Å². The monoisotopic (exact) mass is 172 g/mol. The van der Waals surface area contributed by atoms with Gasteiger partial charge < -0.3 is 9.47 Å². The third-order valence-electron chi connectivity index (χ3n) is 1.66. The number of hydrogen-bond donors (Lipinski definition) is 2. The first-order valence-electron chi connectivity index (χ1n) is 3.47. The minimum atomic E-state index is -1.42. The van der Waals surface area contributed by atoms with Crippen LogP contribution in [0.2, 0.25) is 0 Å². The summed E-state index contributed by atoms with van der Waals surface area (Å²) in [7, 11) is 0. The van der Waals surface area contributed by atoms with Gasteiger partial charge in [0.25, 0.3) is 11.4 Å². The molecule has 2 rings (SSSR count). The normalized spacial score (nSPS) is 29.5. The minimum Gasteiger partial charge on any atom is -0.420 e. The highest BCUT2D eigenvalue weighted by molar-refractivity contribution is 6.08. The van der Waals surface area contributed by atoms with Crippen LogP contribution < -0.4 is 10.9 Å². The van der Waals surface area contributed by atoms with Crippen LogP contribution in [-0.2, 0) is 19.1 Å². The van der Waals surface area contributed by atoms with Gasteiger partial charge in [-0.25, -0.2) is 20.4 Å². The fourth-order valence-corrected chi connectivity index (χ4v) is 0.970. The molecule has 2 aliphatic heterocycles. The van der Waals surface area contributed by atoms with Gasteiger partial charge in [0.1, 0.15) is 0 Å². The first kappa shape index (κ1) is 7.51. The van der Waals surface area contributed by atoms with E-state index in [1.165, 1.54) is 13.8 Å². The number of cyclic esters (lactones) is 2. The average molecular weight is 172 g/mol. The summed E-state index contributed by atoms with van der Waals surface area (Å²) in [6.07, 6.45) is 0. The maximum absolute atomic E-state index is 11.2. The van der Waals surface area contributed by atoms with Crippen LogP contribution in [0.3, 0.4) is 0 Å². The first-order chi connectivity index (χ1) is 5.46. The van der Waals surface area contributed by atoms with Gasteiger partial charge in [0.05, 0.1) is 0 Å². The second-order valence-corrected chi connectivity index (χ2v) is 3.18. The molecule has 0 bridgehead atoms. The van der Waals surface area contributed by atoms with Gasteiger partial charge in [0.15, 0.2) is 0 Å². The first-order valence-corrected chi connectivity index (χ1v) is 3.47. The predicted octanol–water partition coefficient (Wildman–Crippen LogP) is -1.37. The number of nitrogens with one attached hydrogen (secondary N) is 2. The molecule has 2 heterocycles.